The zero-order valence-electron chi connectivity index (χ0n) is 16.8. The molecule has 29 heavy (non-hydrogen) atoms. The lowest BCUT2D eigenvalue weighted by molar-refractivity contribution is -0.135. The van der Waals surface area contributed by atoms with E-state index >= 15 is 0 Å². The summed E-state index contributed by atoms with van der Waals surface area (Å²) in [4.78, 5) is 20.5. The van der Waals surface area contributed by atoms with Crippen molar-refractivity contribution < 1.29 is 19.1 Å². The van der Waals surface area contributed by atoms with Gasteiger partial charge in [0.25, 0.3) is 0 Å². The number of hydrogen-bond donors (Lipinski definition) is 0. The van der Waals surface area contributed by atoms with Gasteiger partial charge in [-0.15, -0.1) is 0 Å². The molecule has 0 saturated heterocycles. The first-order valence-corrected chi connectivity index (χ1v) is 9.95. The number of nitrogens with zero attached hydrogens (tertiary/aromatic N) is 2. The van der Waals surface area contributed by atoms with Crippen LogP contribution >= 0.6 is 0 Å². The van der Waals surface area contributed by atoms with Gasteiger partial charge in [0.15, 0.2) is 6.10 Å². The molecule has 1 fully saturated rings. The van der Waals surface area contributed by atoms with Crippen molar-refractivity contribution in [1.29, 1.82) is 0 Å². The zero-order chi connectivity index (χ0) is 20.2. The van der Waals surface area contributed by atoms with Crippen molar-refractivity contribution in [1.82, 2.24) is 4.90 Å². The highest BCUT2D eigenvalue weighted by Crippen LogP contribution is 2.32. The third kappa shape index (κ3) is 4.53. The van der Waals surface area contributed by atoms with Gasteiger partial charge >= 0.3 is 0 Å². The summed E-state index contributed by atoms with van der Waals surface area (Å²) in [5, 5.41) is 4.28. The maximum atomic E-state index is 12.9. The first kappa shape index (κ1) is 19.3. The highest BCUT2D eigenvalue weighted by molar-refractivity contribution is 6.03. The van der Waals surface area contributed by atoms with Crippen LogP contribution in [0.1, 0.15) is 30.4 Å². The van der Waals surface area contributed by atoms with E-state index in [1.165, 1.54) is 0 Å². The van der Waals surface area contributed by atoms with Crippen LogP contribution in [0.4, 0.5) is 0 Å². The second-order valence-electron chi connectivity index (χ2n) is 7.51. The van der Waals surface area contributed by atoms with Crippen LogP contribution in [-0.2, 0) is 16.2 Å². The van der Waals surface area contributed by atoms with E-state index in [4.69, 9.17) is 14.3 Å². The number of ether oxygens (including phenoxy) is 2. The van der Waals surface area contributed by atoms with E-state index in [1.54, 1.807) is 14.2 Å². The summed E-state index contributed by atoms with van der Waals surface area (Å²) in [5.74, 6) is 1.91. The lowest BCUT2D eigenvalue weighted by atomic mass is 10.0. The van der Waals surface area contributed by atoms with Gasteiger partial charge in [0.1, 0.15) is 11.5 Å². The van der Waals surface area contributed by atoms with Crippen LogP contribution in [0.15, 0.2) is 53.7 Å². The standard InChI is InChI=1S/C23H26N2O4/c1-27-18-7-5-6-16(12-18)14-25(23(26)17-10-11-17)15-19-13-21(24-29-19)20-8-3-4-9-22(20)28-2/h3-9,12,17,19H,10-11,13-15H2,1-2H3/t19-/m1/s1. The summed E-state index contributed by atoms with van der Waals surface area (Å²) in [6.07, 6.45) is 2.43. The Labute approximate surface area is 171 Å². The van der Waals surface area contributed by atoms with Crippen molar-refractivity contribution in [3.8, 4) is 11.5 Å². The normalized spacial score (nSPS) is 18.0. The third-order valence-corrected chi connectivity index (χ3v) is 5.32. The van der Waals surface area contributed by atoms with Gasteiger partial charge in [0.05, 0.1) is 26.5 Å². The largest absolute Gasteiger partial charge is 0.497 e. The first-order chi connectivity index (χ1) is 14.2. The van der Waals surface area contributed by atoms with Gasteiger partial charge < -0.3 is 19.2 Å². The van der Waals surface area contributed by atoms with Crippen molar-refractivity contribution in [3.05, 3.63) is 59.7 Å². The third-order valence-electron chi connectivity index (χ3n) is 5.32. The molecule has 0 radical (unpaired) electrons. The number of benzene rings is 2. The topological polar surface area (TPSA) is 60.4 Å². The maximum absolute atomic E-state index is 12.9. The van der Waals surface area contributed by atoms with Crippen LogP contribution in [-0.4, -0.2) is 43.4 Å². The molecule has 0 aromatic heterocycles. The Balaban J connectivity index is 1.45. The van der Waals surface area contributed by atoms with Crippen molar-refractivity contribution in [2.24, 2.45) is 11.1 Å². The maximum Gasteiger partial charge on any atom is 0.226 e. The number of oxime groups is 1. The molecule has 2 aromatic carbocycles. The Morgan fingerprint density at radius 3 is 2.72 bits per heavy atom. The summed E-state index contributed by atoms with van der Waals surface area (Å²) in [6.45, 7) is 1.05. The summed E-state index contributed by atoms with van der Waals surface area (Å²) in [6, 6.07) is 15.6. The smallest absolute Gasteiger partial charge is 0.226 e. The Bertz CT molecular complexity index is 907. The van der Waals surface area contributed by atoms with Crippen LogP contribution in [0.3, 0.4) is 0 Å². The van der Waals surface area contributed by atoms with Crippen LogP contribution in [0.5, 0.6) is 11.5 Å². The van der Waals surface area contributed by atoms with Crippen molar-refractivity contribution in [3.63, 3.8) is 0 Å². The highest BCUT2D eigenvalue weighted by atomic mass is 16.6. The molecule has 0 spiro atoms. The molecule has 0 N–H and O–H groups in total. The van der Waals surface area contributed by atoms with E-state index in [9.17, 15) is 4.79 Å². The molecule has 2 aromatic rings. The number of carbonyl (C=O) groups excluding carboxylic acids is 1. The van der Waals surface area contributed by atoms with Crippen LogP contribution in [0.2, 0.25) is 0 Å². The molecule has 1 aliphatic carbocycles. The molecular weight excluding hydrogens is 368 g/mol. The summed E-state index contributed by atoms with van der Waals surface area (Å²) in [5.41, 5.74) is 2.83. The Morgan fingerprint density at radius 2 is 1.97 bits per heavy atom. The average Bonchev–Trinajstić information content (AvgIpc) is 3.51. The van der Waals surface area contributed by atoms with E-state index in [1.807, 2.05) is 53.4 Å². The molecule has 6 nitrogen and oxygen atoms in total. The highest BCUT2D eigenvalue weighted by Gasteiger charge is 2.36. The summed E-state index contributed by atoms with van der Waals surface area (Å²) >= 11 is 0. The van der Waals surface area contributed by atoms with Gasteiger partial charge in [-0.25, -0.2) is 0 Å². The first-order valence-electron chi connectivity index (χ1n) is 9.95. The average molecular weight is 394 g/mol. The molecule has 6 heteroatoms. The Morgan fingerprint density at radius 1 is 1.14 bits per heavy atom. The molecule has 152 valence electrons. The SMILES string of the molecule is COc1cccc(CN(C[C@H]2CC(c3ccccc3OC)=NO2)C(=O)C2CC2)c1. The van der Waals surface area contributed by atoms with E-state index in [2.05, 4.69) is 5.16 Å². The molecule has 1 atom stereocenters. The Hall–Kier alpha value is -3.02. The molecule has 4 rings (SSSR count). The minimum Gasteiger partial charge on any atom is -0.497 e. The zero-order valence-corrected chi connectivity index (χ0v) is 16.8. The van der Waals surface area contributed by atoms with Gasteiger partial charge in [-0.1, -0.05) is 29.4 Å². The van der Waals surface area contributed by atoms with Gasteiger partial charge in [0, 0.05) is 24.4 Å². The predicted molar refractivity (Wildman–Crippen MR) is 110 cm³/mol. The number of methoxy groups -OCH3 is 2. The number of carbonyl (C=O) groups is 1. The van der Waals surface area contributed by atoms with Gasteiger partial charge in [-0.2, -0.15) is 0 Å². The number of hydrogen-bond acceptors (Lipinski definition) is 5. The minimum absolute atomic E-state index is 0.150. The fourth-order valence-electron chi connectivity index (χ4n) is 3.63. The van der Waals surface area contributed by atoms with E-state index < -0.39 is 0 Å². The second-order valence-corrected chi connectivity index (χ2v) is 7.51. The van der Waals surface area contributed by atoms with Gasteiger partial charge in [-0.3, -0.25) is 4.79 Å². The lowest BCUT2D eigenvalue weighted by Gasteiger charge is -2.25. The predicted octanol–water partition coefficient (Wildman–Crippen LogP) is 3.64. The molecule has 1 heterocycles. The van der Waals surface area contributed by atoms with Crippen molar-refractivity contribution in [2.45, 2.75) is 31.9 Å². The molecule has 1 saturated carbocycles. The van der Waals surface area contributed by atoms with E-state index in [0.29, 0.717) is 19.5 Å². The number of para-hydroxylation sites is 1. The minimum atomic E-state index is -0.164. The molecule has 0 bridgehead atoms. The van der Waals surface area contributed by atoms with Gasteiger partial charge in [0.2, 0.25) is 5.91 Å². The number of rotatable bonds is 8. The Kier molecular flexibility index (Phi) is 5.69. The quantitative estimate of drug-likeness (QED) is 0.686. The molecule has 1 aliphatic heterocycles. The number of amides is 1. The fourth-order valence-corrected chi connectivity index (χ4v) is 3.63. The van der Waals surface area contributed by atoms with Crippen LogP contribution in [0.25, 0.3) is 0 Å². The second kappa shape index (κ2) is 8.55. The summed E-state index contributed by atoms with van der Waals surface area (Å²) < 4.78 is 10.8. The van der Waals surface area contributed by atoms with Crippen LogP contribution < -0.4 is 9.47 Å². The van der Waals surface area contributed by atoms with Crippen molar-refractivity contribution in [2.75, 3.05) is 20.8 Å². The lowest BCUT2D eigenvalue weighted by Crippen LogP contribution is -2.38. The molecule has 1 amide bonds. The van der Waals surface area contributed by atoms with Crippen molar-refractivity contribution >= 4 is 11.6 Å². The molecule has 0 unspecified atom stereocenters. The molecule has 2 aliphatic rings. The fraction of sp³-hybridized carbons (Fsp3) is 0.391. The summed E-state index contributed by atoms with van der Waals surface area (Å²) in [7, 11) is 3.30. The van der Waals surface area contributed by atoms with E-state index in [-0.39, 0.29) is 17.9 Å². The van der Waals surface area contributed by atoms with E-state index in [0.717, 1.165) is 41.2 Å². The van der Waals surface area contributed by atoms with Gasteiger partial charge in [-0.05, 0) is 42.7 Å². The van der Waals surface area contributed by atoms with Crippen LogP contribution in [0, 0.1) is 5.92 Å². The molecular formula is C23H26N2O4. The monoisotopic (exact) mass is 394 g/mol.